The third-order valence-corrected chi connectivity index (χ3v) is 2.84. The summed E-state index contributed by atoms with van der Waals surface area (Å²) in [6.07, 6.45) is 1.99. The summed E-state index contributed by atoms with van der Waals surface area (Å²) < 4.78 is 1.73. The van der Waals surface area contributed by atoms with Gasteiger partial charge in [0.1, 0.15) is 17.8 Å². The highest BCUT2D eigenvalue weighted by atomic mass is 16.3. The predicted molar refractivity (Wildman–Crippen MR) is 64.5 cm³/mol. The van der Waals surface area contributed by atoms with Crippen LogP contribution in [-0.4, -0.2) is 31.3 Å². The minimum Gasteiger partial charge on any atom is -0.382 e. The molecule has 0 aliphatic carbocycles. The maximum Gasteiger partial charge on any atom is 0.171 e. The summed E-state index contributed by atoms with van der Waals surface area (Å²) in [4.78, 5) is 15.9. The highest BCUT2D eigenvalue weighted by Crippen LogP contribution is 2.13. The van der Waals surface area contributed by atoms with Gasteiger partial charge in [-0.15, -0.1) is 0 Å². The van der Waals surface area contributed by atoms with Gasteiger partial charge in [0.2, 0.25) is 0 Å². The highest BCUT2D eigenvalue weighted by Gasteiger charge is 2.28. The summed E-state index contributed by atoms with van der Waals surface area (Å²) in [6, 6.07) is 0. The molecule has 0 spiro atoms. The number of aliphatic hydroxyl groups is 1. The lowest BCUT2D eigenvalue weighted by atomic mass is 9.95. The molecule has 0 aliphatic heterocycles. The fourth-order valence-corrected chi connectivity index (χ4v) is 1.45. The summed E-state index contributed by atoms with van der Waals surface area (Å²) in [5, 5.41) is 13.9. The molecule has 1 heterocycles. The molecule has 0 saturated carbocycles. The van der Waals surface area contributed by atoms with Gasteiger partial charge in [0.25, 0.3) is 0 Å². The molecule has 5 nitrogen and oxygen atoms in total. The van der Waals surface area contributed by atoms with Crippen LogP contribution in [0.25, 0.3) is 0 Å². The van der Waals surface area contributed by atoms with Gasteiger partial charge in [0, 0.05) is 6.54 Å². The number of rotatable bonds is 6. The molecule has 0 fully saturated rings. The van der Waals surface area contributed by atoms with Crippen molar-refractivity contribution in [2.75, 3.05) is 0 Å². The zero-order valence-corrected chi connectivity index (χ0v) is 11.0. The molecule has 1 aromatic heterocycles. The van der Waals surface area contributed by atoms with Gasteiger partial charge >= 0.3 is 0 Å². The summed E-state index contributed by atoms with van der Waals surface area (Å²) >= 11 is 0. The number of carbonyl (C=O) groups is 1. The third-order valence-electron chi connectivity index (χ3n) is 2.84. The minimum absolute atomic E-state index is 0.132. The molecule has 5 heteroatoms. The molecule has 17 heavy (non-hydrogen) atoms. The fourth-order valence-electron chi connectivity index (χ4n) is 1.45. The van der Waals surface area contributed by atoms with E-state index in [0.717, 1.165) is 6.54 Å². The Bertz CT molecular complexity index is 383. The quantitative estimate of drug-likeness (QED) is 0.810. The maximum atomic E-state index is 11.9. The van der Waals surface area contributed by atoms with Crippen molar-refractivity contribution in [1.82, 2.24) is 14.8 Å². The zero-order chi connectivity index (χ0) is 13.1. The molecule has 1 unspecified atom stereocenters. The van der Waals surface area contributed by atoms with Crippen LogP contribution in [0.3, 0.4) is 0 Å². The topological polar surface area (TPSA) is 68.0 Å². The number of aromatic nitrogens is 3. The van der Waals surface area contributed by atoms with E-state index >= 15 is 0 Å². The average molecular weight is 239 g/mol. The van der Waals surface area contributed by atoms with Crippen molar-refractivity contribution in [3.63, 3.8) is 0 Å². The third kappa shape index (κ3) is 3.63. The van der Waals surface area contributed by atoms with E-state index in [1.807, 2.05) is 0 Å². The second-order valence-corrected chi connectivity index (χ2v) is 4.98. The molecule has 0 amide bonds. The fraction of sp³-hybridized carbons (Fsp3) is 0.750. The molecule has 0 aromatic carbocycles. The molecule has 96 valence electrons. The van der Waals surface area contributed by atoms with Gasteiger partial charge in [-0.2, -0.15) is 5.10 Å². The summed E-state index contributed by atoms with van der Waals surface area (Å²) in [5.74, 6) is 0.854. The smallest absolute Gasteiger partial charge is 0.171 e. The first kappa shape index (κ1) is 13.8. The van der Waals surface area contributed by atoms with Gasteiger partial charge in [-0.1, -0.05) is 20.8 Å². The second-order valence-electron chi connectivity index (χ2n) is 4.98. The summed E-state index contributed by atoms with van der Waals surface area (Å²) in [5.41, 5.74) is -1.27. The number of carbonyl (C=O) groups excluding carboxylic acids is 1. The Labute approximate surface area is 102 Å². The molecule has 1 rings (SSSR count). The van der Waals surface area contributed by atoms with E-state index in [2.05, 4.69) is 23.9 Å². The van der Waals surface area contributed by atoms with Crippen LogP contribution in [0.4, 0.5) is 0 Å². The molecule has 1 aromatic rings. The van der Waals surface area contributed by atoms with Crippen molar-refractivity contribution >= 4 is 5.78 Å². The molecule has 0 radical (unpaired) electrons. The molecule has 1 atom stereocenters. The first-order chi connectivity index (χ1) is 7.86. The first-order valence-electron chi connectivity index (χ1n) is 5.99. The molecule has 1 N–H and O–H groups in total. The van der Waals surface area contributed by atoms with Crippen LogP contribution in [0.15, 0.2) is 6.33 Å². The lowest BCUT2D eigenvalue weighted by molar-refractivity contribution is -0.135. The van der Waals surface area contributed by atoms with Crippen LogP contribution in [0.2, 0.25) is 0 Å². The second kappa shape index (κ2) is 5.40. The Kier molecular flexibility index (Phi) is 4.40. The maximum absolute atomic E-state index is 11.9. The van der Waals surface area contributed by atoms with Gasteiger partial charge in [-0.3, -0.25) is 4.79 Å². The normalized spacial score (nSPS) is 14.9. The summed E-state index contributed by atoms with van der Waals surface area (Å²) in [7, 11) is 0. The Balaban J connectivity index is 2.75. The minimum atomic E-state index is -1.27. The number of hydrogen-bond donors (Lipinski definition) is 1. The van der Waals surface area contributed by atoms with Crippen LogP contribution in [-0.2, 0) is 17.8 Å². The van der Waals surface area contributed by atoms with Gasteiger partial charge in [0.05, 0.1) is 6.42 Å². The van der Waals surface area contributed by atoms with E-state index in [1.165, 1.54) is 6.33 Å². The molecular formula is C12H21N3O2. The molecular weight excluding hydrogens is 218 g/mol. The standard InChI is InChI=1S/C12H21N3O2/c1-5-12(4,17)10(16)6-11-13-8-14-15(11)7-9(2)3/h8-9,17H,5-7H2,1-4H3. The van der Waals surface area contributed by atoms with E-state index in [-0.39, 0.29) is 12.2 Å². The van der Waals surface area contributed by atoms with Crippen molar-refractivity contribution < 1.29 is 9.90 Å². The monoisotopic (exact) mass is 239 g/mol. The largest absolute Gasteiger partial charge is 0.382 e. The van der Waals surface area contributed by atoms with E-state index in [9.17, 15) is 9.90 Å². The van der Waals surface area contributed by atoms with E-state index in [0.29, 0.717) is 18.2 Å². The number of Topliss-reactive ketones (excluding diaryl/α,β-unsaturated/α-hetero) is 1. The van der Waals surface area contributed by atoms with Crippen LogP contribution >= 0.6 is 0 Å². The van der Waals surface area contributed by atoms with Crippen LogP contribution in [0.5, 0.6) is 0 Å². The van der Waals surface area contributed by atoms with Crippen molar-refractivity contribution in [2.24, 2.45) is 5.92 Å². The number of nitrogens with zero attached hydrogens (tertiary/aromatic N) is 3. The highest BCUT2D eigenvalue weighted by molar-refractivity contribution is 5.87. The molecule has 0 bridgehead atoms. The van der Waals surface area contributed by atoms with Crippen LogP contribution in [0.1, 0.15) is 39.9 Å². The average Bonchev–Trinajstić information content (AvgIpc) is 2.64. The van der Waals surface area contributed by atoms with Crippen molar-refractivity contribution in [1.29, 1.82) is 0 Å². The Hall–Kier alpha value is -1.23. The van der Waals surface area contributed by atoms with Crippen LogP contribution in [0, 0.1) is 5.92 Å². The Morgan fingerprint density at radius 1 is 1.59 bits per heavy atom. The van der Waals surface area contributed by atoms with Gasteiger partial charge < -0.3 is 5.11 Å². The van der Waals surface area contributed by atoms with Crippen LogP contribution < -0.4 is 0 Å². The first-order valence-corrected chi connectivity index (χ1v) is 5.99. The molecule has 0 aliphatic rings. The van der Waals surface area contributed by atoms with E-state index in [4.69, 9.17) is 0 Å². The Morgan fingerprint density at radius 2 is 2.24 bits per heavy atom. The predicted octanol–water partition coefficient (Wildman–Crippen LogP) is 1.21. The zero-order valence-electron chi connectivity index (χ0n) is 11.0. The molecule has 0 saturated heterocycles. The van der Waals surface area contributed by atoms with Gasteiger partial charge in [0.15, 0.2) is 5.78 Å². The van der Waals surface area contributed by atoms with Gasteiger partial charge in [-0.05, 0) is 19.3 Å². The number of ketones is 1. The Morgan fingerprint density at radius 3 is 2.76 bits per heavy atom. The lowest BCUT2D eigenvalue weighted by Crippen LogP contribution is -2.36. The van der Waals surface area contributed by atoms with Crippen molar-refractivity contribution in [3.05, 3.63) is 12.2 Å². The van der Waals surface area contributed by atoms with Gasteiger partial charge in [-0.25, -0.2) is 9.67 Å². The van der Waals surface area contributed by atoms with E-state index in [1.54, 1.807) is 18.5 Å². The summed E-state index contributed by atoms with van der Waals surface area (Å²) in [6.45, 7) is 8.22. The number of hydrogen-bond acceptors (Lipinski definition) is 4. The SMILES string of the molecule is CCC(C)(O)C(=O)Cc1ncnn1CC(C)C. The van der Waals surface area contributed by atoms with Crippen molar-refractivity contribution in [2.45, 2.75) is 52.7 Å². The van der Waals surface area contributed by atoms with Crippen molar-refractivity contribution in [3.8, 4) is 0 Å². The lowest BCUT2D eigenvalue weighted by Gasteiger charge is -2.19. The van der Waals surface area contributed by atoms with E-state index < -0.39 is 5.60 Å².